The molecule has 0 fully saturated rings. The second-order valence-electron chi connectivity index (χ2n) is 6.64. The monoisotopic (exact) mass is 321 g/mol. The first kappa shape index (κ1) is 16.7. The Hall–Kier alpha value is -1.69. The van der Waals surface area contributed by atoms with Gasteiger partial charge >= 0.3 is 0 Å². The normalized spacial score (nSPS) is 13.2. The predicted molar refractivity (Wildman–Crippen MR) is 87.5 cm³/mol. The molecule has 0 spiro atoms. The smallest absolute Gasteiger partial charge is 0.270 e. The number of carbonyl (C=O) groups is 1. The van der Waals surface area contributed by atoms with Gasteiger partial charge < -0.3 is 9.84 Å². The molecule has 6 heteroatoms. The van der Waals surface area contributed by atoms with Crippen LogP contribution in [0.15, 0.2) is 9.90 Å². The summed E-state index contributed by atoms with van der Waals surface area (Å²) in [5, 5.41) is 9.68. The van der Waals surface area contributed by atoms with Gasteiger partial charge in [-0.25, -0.2) is 4.98 Å². The topological polar surface area (TPSA) is 68.0 Å². The van der Waals surface area contributed by atoms with Gasteiger partial charge in [0.05, 0.1) is 10.7 Å². The minimum Gasteiger partial charge on any atom is -0.361 e. The number of nitrogens with one attached hydrogen (secondary N) is 1. The number of nitrogens with zero attached hydrogens (tertiary/aromatic N) is 2. The van der Waals surface area contributed by atoms with Gasteiger partial charge in [0, 0.05) is 28.8 Å². The summed E-state index contributed by atoms with van der Waals surface area (Å²) in [6.07, 6.45) is 0. The Balaban J connectivity index is 2.00. The molecule has 2 aromatic rings. The van der Waals surface area contributed by atoms with E-state index in [9.17, 15) is 4.79 Å². The van der Waals surface area contributed by atoms with Crippen LogP contribution >= 0.6 is 11.3 Å². The van der Waals surface area contributed by atoms with Crippen LogP contribution in [0.5, 0.6) is 0 Å². The van der Waals surface area contributed by atoms with E-state index in [-0.39, 0.29) is 17.2 Å². The lowest BCUT2D eigenvalue weighted by atomic mass is 9.98. The maximum atomic E-state index is 12.2. The molecule has 120 valence electrons. The van der Waals surface area contributed by atoms with Crippen LogP contribution < -0.4 is 5.32 Å². The van der Waals surface area contributed by atoms with Crippen molar-refractivity contribution in [1.29, 1.82) is 0 Å². The summed E-state index contributed by atoms with van der Waals surface area (Å²) >= 11 is 1.52. The van der Waals surface area contributed by atoms with Crippen molar-refractivity contribution in [2.45, 2.75) is 52.9 Å². The van der Waals surface area contributed by atoms with Crippen LogP contribution in [0.2, 0.25) is 0 Å². The summed E-state index contributed by atoms with van der Waals surface area (Å²) < 4.78 is 5.18. The molecule has 0 saturated carbocycles. The van der Waals surface area contributed by atoms with E-state index in [4.69, 9.17) is 4.52 Å². The number of aromatic nitrogens is 2. The number of hydrogen-bond donors (Lipinski definition) is 1. The quantitative estimate of drug-likeness (QED) is 0.934. The first-order chi connectivity index (χ1) is 10.2. The van der Waals surface area contributed by atoms with E-state index in [1.54, 1.807) is 0 Å². The summed E-state index contributed by atoms with van der Waals surface area (Å²) in [5.41, 5.74) is 2.39. The molecular weight excluding hydrogens is 298 g/mol. The summed E-state index contributed by atoms with van der Waals surface area (Å²) in [6.45, 7) is 12.7. The molecule has 1 N–H and O–H groups in total. The average Bonchev–Trinajstić information content (AvgIpc) is 3.03. The summed E-state index contributed by atoms with van der Waals surface area (Å²) in [5.74, 6) is 0.823. The van der Waals surface area contributed by atoms with Crippen molar-refractivity contribution in [2.24, 2.45) is 0 Å². The molecule has 0 radical (unpaired) electrons. The zero-order valence-electron chi connectivity index (χ0n) is 14.0. The Morgan fingerprint density at radius 3 is 2.59 bits per heavy atom. The molecule has 2 aromatic heterocycles. The Kier molecular flexibility index (Phi) is 4.70. The number of hydrogen-bond acceptors (Lipinski definition) is 5. The molecule has 1 amide bonds. The molecule has 2 rings (SSSR count). The zero-order chi connectivity index (χ0) is 16.5. The number of aryl methyl sites for hydroxylation is 2. The van der Waals surface area contributed by atoms with Gasteiger partial charge in [-0.1, -0.05) is 32.9 Å². The molecule has 1 atom stereocenters. The van der Waals surface area contributed by atoms with Gasteiger partial charge in [0.1, 0.15) is 11.5 Å². The molecule has 0 bridgehead atoms. The van der Waals surface area contributed by atoms with Gasteiger partial charge in [-0.15, -0.1) is 11.3 Å². The zero-order valence-corrected chi connectivity index (χ0v) is 14.8. The highest BCUT2D eigenvalue weighted by atomic mass is 32.1. The predicted octanol–water partition coefficient (Wildman–Crippen LogP) is 3.58. The van der Waals surface area contributed by atoms with Crippen LogP contribution in [-0.2, 0) is 5.41 Å². The molecule has 1 unspecified atom stereocenters. The van der Waals surface area contributed by atoms with Crippen molar-refractivity contribution in [3.63, 3.8) is 0 Å². The van der Waals surface area contributed by atoms with E-state index >= 15 is 0 Å². The summed E-state index contributed by atoms with van der Waals surface area (Å²) in [6, 6.07) is 0. The average molecular weight is 321 g/mol. The molecule has 2 heterocycles. The van der Waals surface area contributed by atoms with E-state index in [1.165, 1.54) is 11.3 Å². The van der Waals surface area contributed by atoms with Crippen molar-refractivity contribution in [3.05, 3.63) is 33.1 Å². The van der Waals surface area contributed by atoms with Crippen molar-refractivity contribution in [2.75, 3.05) is 6.54 Å². The first-order valence-corrected chi connectivity index (χ1v) is 8.25. The molecule has 0 aliphatic heterocycles. The molecule has 0 aromatic carbocycles. The third-order valence-electron chi connectivity index (χ3n) is 3.53. The Bertz CT molecular complexity index is 648. The Morgan fingerprint density at radius 1 is 1.41 bits per heavy atom. The molecule has 0 aliphatic rings. The molecule has 5 nitrogen and oxygen atoms in total. The summed E-state index contributed by atoms with van der Waals surface area (Å²) in [4.78, 5) is 16.7. The Labute approximate surface area is 135 Å². The van der Waals surface area contributed by atoms with Crippen LogP contribution in [0.3, 0.4) is 0 Å². The lowest BCUT2D eigenvalue weighted by Crippen LogP contribution is -2.28. The van der Waals surface area contributed by atoms with Crippen LogP contribution in [-0.4, -0.2) is 22.6 Å². The van der Waals surface area contributed by atoms with Gasteiger partial charge in [-0.2, -0.15) is 0 Å². The third kappa shape index (κ3) is 3.55. The van der Waals surface area contributed by atoms with Gasteiger partial charge in [0.2, 0.25) is 0 Å². The SMILES string of the molecule is Cc1noc(C)c1C(C)CNC(=O)c1csc(C(C)(C)C)n1. The standard InChI is InChI=1S/C16H23N3O2S/c1-9(13-10(2)19-21-11(13)3)7-17-14(20)12-8-22-15(18-12)16(4,5)6/h8-9H,7H2,1-6H3,(H,17,20). The highest BCUT2D eigenvalue weighted by molar-refractivity contribution is 7.10. The van der Waals surface area contributed by atoms with Crippen LogP contribution in [0, 0.1) is 13.8 Å². The molecular formula is C16H23N3O2S. The second kappa shape index (κ2) is 6.20. The van der Waals surface area contributed by atoms with E-state index in [0.29, 0.717) is 12.2 Å². The number of amides is 1. The molecule has 0 saturated heterocycles. The fraction of sp³-hybridized carbons (Fsp3) is 0.562. The fourth-order valence-corrected chi connectivity index (χ4v) is 3.24. The fourth-order valence-electron chi connectivity index (χ4n) is 2.35. The number of thiazole rings is 1. The van der Waals surface area contributed by atoms with Crippen molar-refractivity contribution >= 4 is 17.2 Å². The third-order valence-corrected chi connectivity index (χ3v) is 4.80. The van der Waals surface area contributed by atoms with Crippen LogP contribution in [0.4, 0.5) is 0 Å². The lowest BCUT2D eigenvalue weighted by molar-refractivity contribution is 0.0947. The van der Waals surface area contributed by atoms with E-state index in [1.807, 2.05) is 19.2 Å². The number of rotatable bonds is 4. The van der Waals surface area contributed by atoms with Gasteiger partial charge in [0.15, 0.2) is 0 Å². The molecule has 22 heavy (non-hydrogen) atoms. The van der Waals surface area contributed by atoms with E-state index < -0.39 is 0 Å². The lowest BCUT2D eigenvalue weighted by Gasteiger charge is -2.14. The van der Waals surface area contributed by atoms with Crippen LogP contribution in [0.25, 0.3) is 0 Å². The highest BCUT2D eigenvalue weighted by Crippen LogP contribution is 2.26. The van der Waals surface area contributed by atoms with Gasteiger partial charge in [-0.3, -0.25) is 4.79 Å². The number of carbonyl (C=O) groups excluding carboxylic acids is 1. The largest absolute Gasteiger partial charge is 0.361 e. The molecule has 0 aliphatic carbocycles. The van der Waals surface area contributed by atoms with Crippen molar-refractivity contribution in [3.8, 4) is 0 Å². The summed E-state index contributed by atoms with van der Waals surface area (Å²) in [7, 11) is 0. The maximum absolute atomic E-state index is 12.2. The highest BCUT2D eigenvalue weighted by Gasteiger charge is 2.21. The first-order valence-electron chi connectivity index (χ1n) is 7.37. The van der Waals surface area contributed by atoms with Crippen molar-refractivity contribution < 1.29 is 9.32 Å². The van der Waals surface area contributed by atoms with Gasteiger partial charge in [-0.05, 0) is 13.8 Å². The van der Waals surface area contributed by atoms with Crippen molar-refractivity contribution in [1.82, 2.24) is 15.5 Å². The maximum Gasteiger partial charge on any atom is 0.270 e. The van der Waals surface area contributed by atoms with E-state index in [0.717, 1.165) is 22.0 Å². The van der Waals surface area contributed by atoms with Gasteiger partial charge in [0.25, 0.3) is 5.91 Å². The minimum absolute atomic E-state index is 0.0345. The van der Waals surface area contributed by atoms with Crippen LogP contribution in [0.1, 0.15) is 66.1 Å². The minimum atomic E-state index is -0.134. The van der Waals surface area contributed by atoms with E-state index in [2.05, 4.69) is 43.2 Å². The Morgan fingerprint density at radius 2 is 2.09 bits per heavy atom. The second-order valence-corrected chi connectivity index (χ2v) is 7.49.